The number of rotatable bonds is 6. The molecule has 0 radical (unpaired) electrons. The molecule has 1 N–H and O–H groups in total. The van der Waals surface area contributed by atoms with E-state index in [1.54, 1.807) is 0 Å². The highest BCUT2D eigenvalue weighted by Crippen LogP contribution is 2.18. The molecule has 0 bridgehead atoms. The fraction of sp³-hybridized carbons (Fsp3) is 0.500. The molecule has 1 fully saturated rings. The Balaban J connectivity index is 1.53. The number of piperazine rings is 1. The number of aromatic nitrogens is 2. The summed E-state index contributed by atoms with van der Waals surface area (Å²) in [5, 5.41) is 13.7. The standard InChI is InChI=1S/C16H21ClN4O2/c17-14-4-2-1-3-13(14)11-15-18-16(23-19-15)12-21-7-5-20(6-8-21)9-10-22/h1-4,22H,5-12H2. The highest BCUT2D eigenvalue weighted by atomic mass is 35.5. The van der Waals surface area contributed by atoms with Crippen molar-refractivity contribution in [1.82, 2.24) is 19.9 Å². The quantitative estimate of drug-likeness (QED) is 0.860. The van der Waals surface area contributed by atoms with Crippen LogP contribution in [0.1, 0.15) is 17.3 Å². The molecule has 0 amide bonds. The van der Waals surface area contributed by atoms with Gasteiger partial charge in [-0.15, -0.1) is 0 Å². The summed E-state index contributed by atoms with van der Waals surface area (Å²) in [5.41, 5.74) is 0.999. The summed E-state index contributed by atoms with van der Waals surface area (Å²) in [6, 6.07) is 7.69. The third-order valence-electron chi connectivity index (χ3n) is 4.06. The number of hydrogen-bond donors (Lipinski definition) is 1. The molecule has 1 saturated heterocycles. The van der Waals surface area contributed by atoms with Crippen molar-refractivity contribution in [3.63, 3.8) is 0 Å². The molecule has 1 aromatic carbocycles. The van der Waals surface area contributed by atoms with Crippen LogP contribution in [0.5, 0.6) is 0 Å². The van der Waals surface area contributed by atoms with Gasteiger partial charge < -0.3 is 9.63 Å². The van der Waals surface area contributed by atoms with E-state index in [-0.39, 0.29) is 6.61 Å². The fourth-order valence-corrected chi connectivity index (χ4v) is 2.94. The maximum atomic E-state index is 8.97. The van der Waals surface area contributed by atoms with E-state index in [0.717, 1.165) is 43.3 Å². The van der Waals surface area contributed by atoms with Gasteiger partial charge in [0.15, 0.2) is 5.82 Å². The number of benzene rings is 1. The molecule has 3 rings (SSSR count). The molecule has 1 aliphatic rings. The molecule has 0 aliphatic carbocycles. The van der Waals surface area contributed by atoms with E-state index in [0.29, 0.717) is 24.7 Å². The van der Waals surface area contributed by atoms with E-state index in [1.165, 1.54) is 0 Å². The lowest BCUT2D eigenvalue weighted by Crippen LogP contribution is -2.46. The molecule has 6 nitrogen and oxygen atoms in total. The second-order valence-corrected chi connectivity index (χ2v) is 6.12. The van der Waals surface area contributed by atoms with Gasteiger partial charge in [0, 0.05) is 44.2 Å². The van der Waals surface area contributed by atoms with Gasteiger partial charge in [0.1, 0.15) is 0 Å². The van der Waals surface area contributed by atoms with Gasteiger partial charge in [0.25, 0.3) is 0 Å². The molecule has 124 valence electrons. The Hall–Kier alpha value is -1.47. The van der Waals surface area contributed by atoms with Crippen molar-refractivity contribution in [3.05, 3.63) is 46.6 Å². The average Bonchev–Trinajstić information content (AvgIpc) is 2.99. The first-order valence-corrected chi connectivity index (χ1v) is 8.23. The Morgan fingerprint density at radius 2 is 1.87 bits per heavy atom. The number of hydrogen-bond acceptors (Lipinski definition) is 6. The molecule has 23 heavy (non-hydrogen) atoms. The topological polar surface area (TPSA) is 65.6 Å². The van der Waals surface area contributed by atoms with Crippen molar-refractivity contribution >= 4 is 11.6 Å². The first-order valence-electron chi connectivity index (χ1n) is 7.85. The Morgan fingerprint density at radius 3 is 2.61 bits per heavy atom. The summed E-state index contributed by atoms with van der Waals surface area (Å²) >= 11 is 6.16. The Morgan fingerprint density at radius 1 is 1.13 bits per heavy atom. The lowest BCUT2D eigenvalue weighted by atomic mass is 10.1. The predicted molar refractivity (Wildman–Crippen MR) is 87.4 cm³/mol. The van der Waals surface area contributed by atoms with E-state index in [2.05, 4.69) is 19.9 Å². The molecule has 0 saturated carbocycles. The summed E-state index contributed by atoms with van der Waals surface area (Å²) in [5.74, 6) is 1.30. The fourth-order valence-electron chi connectivity index (χ4n) is 2.74. The zero-order valence-corrected chi connectivity index (χ0v) is 13.7. The van der Waals surface area contributed by atoms with Gasteiger partial charge in [-0.05, 0) is 11.6 Å². The van der Waals surface area contributed by atoms with Crippen LogP contribution in [-0.2, 0) is 13.0 Å². The summed E-state index contributed by atoms with van der Waals surface area (Å²) in [4.78, 5) is 9.01. The van der Waals surface area contributed by atoms with E-state index in [1.807, 2.05) is 24.3 Å². The van der Waals surface area contributed by atoms with Gasteiger partial charge in [-0.1, -0.05) is 35.0 Å². The maximum Gasteiger partial charge on any atom is 0.240 e. The molecule has 0 spiro atoms. The molecule has 2 aromatic rings. The van der Waals surface area contributed by atoms with Crippen molar-refractivity contribution in [2.75, 3.05) is 39.3 Å². The number of aliphatic hydroxyl groups is 1. The van der Waals surface area contributed by atoms with Crippen LogP contribution >= 0.6 is 11.6 Å². The van der Waals surface area contributed by atoms with Crippen LogP contribution in [0.3, 0.4) is 0 Å². The van der Waals surface area contributed by atoms with Crippen LogP contribution in [-0.4, -0.2) is 64.4 Å². The van der Waals surface area contributed by atoms with Crippen LogP contribution in [0.4, 0.5) is 0 Å². The maximum absolute atomic E-state index is 8.97. The monoisotopic (exact) mass is 336 g/mol. The summed E-state index contributed by atoms with van der Waals surface area (Å²) in [6.45, 7) is 5.45. The van der Waals surface area contributed by atoms with Crippen LogP contribution in [0.25, 0.3) is 0 Å². The van der Waals surface area contributed by atoms with Gasteiger partial charge >= 0.3 is 0 Å². The van der Waals surface area contributed by atoms with Crippen molar-refractivity contribution in [2.45, 2.75) is 13.0 Å². The minimum atomic E-state index is 0.217. The van der Waals surface area contributed by atoms with E-state index >= 15 is 0 Å². The molecular weight excluding hydrogens is 316 g/mol. The smallest absolute Gasteiger partial charge is 0.240 e. The molecule has 1 aromatic heterocycles. The van der Waals surface area contributed by atoms with Crippen LogP contribution in [0.2, 0.25) is 5.02 Å². The molecular formula is C16H21ClN4O2. The zero-order chi connectivity index (χ0) is 16.1. The Bertz CT molecular complexity index is 626. The minimum Gasteiger partial charge on any atom is -0.395 e. The van der Waals surface area contributed by atoms with Gasteiger partial charge in [-0.3, -0.25) is 9.80 Å². The molecule has 2 heterocycles. The predicted octanol–water partition coefficient (Wildman–Crippen LogP) is 1.42. The molecule has 0 atom stereocenters. The number of β-amino-alcohol motifs (C(OH)–C–C–N with tert-alkyl or cyclic N) is 1. The molecule has 7 heteroatoms. The van der Waals surface area contributed by atoms with Gasteiger partial charge in [0.05, 0.1) is 13.2 Å². The largest absolute Gasteiger partial charge is 0.395 e. The third-order valence-corrected chi connectivity index (χ3v) is 4.43. The Kier molecular flexibility index (Phi) is 5.61. The van der Waals surface area contributed by atoms with Crippen LogP contribution in [0.15, 0.2) is 28.8 Å². The lowest BCUT2D eigenvalue weighted by Gasteiger charge is -2.33. The number of halogens is 1. The summed E-state index contributed by atoms with van der Waals surface area (Å²) in [6.07, 6.45) is 0.577. The SMILES string of the molecule is OCCN1CCN(Cc2nc(Cc3ccccc3Cl)no2)CC1. The normalized spacial score (nSPS) is 16.8. The van der Waals surface area contributed by atoms with Crippen molar-refractivity contribution in [2.24, 2.45) is 0 Å². The number of nitrogens with zero attached hydrogens (tertiary/aromatic N) is 4. The third kappa shape index (κ3) is 4.51. The van der Waals surface area contributed by atoms with Crippen LogP contribution in [0, 0.1) is 0 Å². The van der Waals surface area contributed by atoms with Crippen LogP contribution < -0.4 is 0 Å². The average molecular weight is 337 g/mol. The second-order valence-electron chi connectivity index (χ2n) is 5.71. The summed E-state index contributed by atoms with van der Waals surface area (Å²) < 4.78 is 5.35. The van der Waals surface area contributed by atoms with Crippen molar-refractivity contribution in [3.8, 4) is 0 Å². The lowest BCUT2D eigenvalue weighted by molar-refractivity contribution is 0.101. The Labute approximate surface area is 140 Å². The number of aliphatic hydroxyl groups excluding tert-OH is 1. The van der Waals surface area contributed by atoms with E-state index < -0.39 is 0 Å². The van der Waals surface area contributed by atoms with E-state index in [4.69, 9.17) is 21.2 Å². The first-order chi connectivity index (χ1) is 11.2. The van der Waals surface area contributed by atoms with Gasteiger partial charge in [0.2, 0.25) is 5.89 Å². The highest BCUT2D eigenvalue weighted by molar-refractivity contribution is 6.31. The minimum absolute atomic E-state index is 0.217. The van der Waals surface area contributed by atoms with E-state index in [9.17, 15) is 0 Å². The summed E-state index contributed by atoms with van der Waals surface area (Å²) in [7, 11) is 0. The van der Waals surface area contributed by atoms with Crippen molar-refractivity contribution < 1.29 is 9.63 Å². The zero-order valence-electron chi connectivity index (χ0n) is 13.0. The van der Waals surface area contributed by atoms with Gasteiger partial charge in [-0.2, -0.15) is 4.98 Å². The van der Waals surface area contributed by atoms with Crippen molar-refractivity contribution in [1.29, 1.82) is 0 Å². The second kappa shape index (κ2) is 7.88. The molecule has 1 aliphatic heterocycles. The molecule has 0 unspecified atom stereocenters. The van der Waals surface area contributed by atoms with Gasteiger partial charge in [-0.25, -0.2) is 0 Å². The first kappa shape index (κ1) is 16.4. The highest BCUT2D eigenvalue weighted by Gasteiger charge is 2.19.